The van der Waals surface area contributed by atoms with Crippen molar-refractivity contribution in [3.63, 3.8) is 0 Å². The van der Waals surface area contributed by atoms with Crippen molar-refractivity contribution in [3.05, 3.63) is 137 Å². The molecule has 6 N–H and O–H groups in total. The third-order valence-corrected chi connectivity index (χ3v) is 16.3. The van der Waals surface area contributed by atoms with Crippen LogP contribution in [0.2, 0.25) is 0 Å². The number of aromatic nitrogens is 2. The summed E-state index contributed by atoms with van der Waals surface area (Å²) in [5, 5.41) is 23.6. The zero-order valence-electron chi connectivity index (χ0n) is 52.8. The van der Waals surface area contributed by atoms with Gasteiger partial charge in [-0.25, -0.2) is 4.98 Å². The summed E-state index contributed by atoms with van der Waals surface area (Å²) in [7, 11) is 1.62. The number of nitrogen functional groups attached to an aromatic ring is 2. The number of fused-ring (bicyclic) bond motifs is 2. The Bertz CT molecular complexity index is 3350. The molecule has 7 aromatic rings. The number of aryl methyl sites for hydroxylation is 1. The summed E-state index contributed by atoms with van der Waals surface area (Å²) < 4.78 is 35.4. The fraction of sp³-hybridized carbons (Fsp3) is 0.443. The number of piperazine rings is 1. The average molecular weight is 1230 g/mol. The number of Topliss-reactive ketones (excluding diaryl/α,β-unsaturated/α-hetero) is 1. The summed E-state index contributed by atoms with van der Waals surface area (Å²) in [6.07, 6.45) is 10.0. The van der Waals surface area contributed by atoms with E-state index in [1.807, 2.05) is 123 Å². The molecule has 2 atom stereocenters. The van der Waals surface area contributed by atoms with Gasteiger partial charge < -0.3 is 65.0 Å². The summed E-state index contributed by atoms with van der Waals surface area (Å²) in [5.41, 5.74) is 21.4. The van der Waals surface area contributed by atoms with Crippen molar-refractivity contribution >= 4 is 56.7 Å². The van der Waals surface area contributed by atoms with Crippen LogP contribution in [-0.2, 0) is 20.8 Å². The van der Waals surface area contributed by atoms with Gasteiger partial charge in [0.1, 0.15) is 29.9 Å². The number of aliphatic hydroxyl groups excluding tert-OH is 1. The van der Waals surface area contributed by atoms with E-state index in [-0.39, 0.29) is 30.3 Å². The lowest BCUT2D eigenvalue weighted by Crippen LogP contribution is -2.46. The summed E-state index contributed by atoms with van der Waals surface area (Å²) in [4.78, 5) is 41.0. The van der Waals surface area contributed by atoms with Gasteiger partial charge in [-0.1, -0.05) is 77.3 Å². The van der Waals surface area contributed by atoms with Crippen molar-refractivity contribution in [1.29, 1.82) is 5.26 Å². The summed E-state index contributed by atoms with van der Waals surface area (Å²) in [5.74, 6) is 3.15. The highest BCUT2D eigenvalue weighted by Gasteiger charge is 2.33. The molecular weight excluding hydrogens is 1140 g/mol. The molecule has 0 spiro atoms. The maximum Gasteiger partial charge on any atom is 0.254 e. The van der Waals surface area contributed by atoms with Crippen molar-refractivity contribution in [1.82, 2.24) is 24.7 Å². The van der Waals surface area contributed by atoms with Gasteiger partial charge in [0.25, 0.3) is 5.91 Å². The first kappa shape index (κ1) is 68.7. The molecule has 2 fully saturated rings. The Morgan fingerprint density at radius 2 is 1.47 bits per heavy atom. The number of anilines is 4. The molecule has 2 aromatic heterocycles. The number of hydrogen-bond donors (Lipinski definition) is 4. The number of ketones is 1. The first-order valence-electron chi connectivity index (χ1n) is 31.5. The van der Waals surface area contributed by atoms with Gasteiger partial charge in [0, 0.05) is 92.4 Å². The SMILES string of the molecule is CC.CCC.COc1cc2c(Nc3ccc(Oc4cccc(N)c4)cc3)c(C#N)cnc2cc1OCCCN1CCN(CCCCCCOCCOCCOc2cc(-c3scnc3C)ccc2N)CC1.O=C(CN1Cc2ccccc2C1=O)C1CCC(O)C1. The van der Waals surface area contributed by atoms with Gasteiger partial charge in [0.15, 0.2) is 17.3 Å². The molecule has 19 heteroatoms. The molecule has 1 saturated carbocycles. The van der Waals surface area contributed by atoms with E-state index in [4.69, 9.17) is 39.9 Å². The number of nitrogens with one attached hydrogen (secondary N) is 1. The van der Waals surface area contributed by atoms with Crippen molar-refractivity contribution in [2.45, 2.75) is 105 Å². The Labute approximate surface area is 530 Å². The Balaban J connectivity index is 0.000000391. The number of nitrogens with zero attached hydrogens (tertiary/aromatic N) is 6. The Morgan fingerprint density at radius 3 is 2.16 bits per heavy atom. The van der Waals surface area contributed by atoms with E-state index in [0.29, 0.717) is 115 Å². The lowest BCUT2D eigenvalue weighted by atomic mass is 10.0. The van der Waals surface area contributed by atoms with Crippen LogP contribution in [0, 0.1) is 24.2 Å². The number of aliphatic hydroxyl groups is 1. The second-order valence-corrected chi connectivity index (χ2v) is 22.9. The number of nitriles is 1. The minimum Gasteiger partial charge on any atom is -0.493 e. The number of hydrogen-bond acceptors (Lipinski definition) is 18. The predicted octanol–water partition coefficient (Wildman–Crippen LogP) is 13.1. The quantitative estimate of drug-likeness (QED) is 0.0264. The van der Waals surface area contributed by atoms with Gasteiger partial charge in [-0.3, -0.25) is 14.6 Å². The Kier molecular flexibility index (Phi) is 28.2. The summed E-state index contributed by atoms with van der Waals surface area (Å²) >= 11 is 1.61. The van der Waals surface area contributed by atoms with E-state index in [9.17, 15) is 20.0 Å². The van der Waals surface area contributed by atoms with Crippen LogP contribution in [0.15, 0.2) is 115 Å². The number of amides is 1. The van der Waals surface area contributed by atoms with Gasteiger partial charge in [-0.15, -0.1) is 11.3 Å². The van der Waals surface area contributed by atoms with Crippen LogP contribution < -0.4 is 35.7 Å². The van der Waals surface area contributed by atoms with E-state index in [0.717, 1.165) is 97.9 Å². The maximum atomic E-state index is 12.1. The normalized spacial score (nSPS) is 15.3. The third-order valence-electron chi connectivity index (χ3n) is 15.3. The van der Waals surface area contributed by atoms with Crippen molar-refractivity contribution in [2.24, 2.45) is 5.92 Å². The molecule has 89 heavy (non-hydrogen) atoms. The van der Waals surface area contributed by atoms with E-state index >= 15 is 0 Å². The molecule has 5 aromatic carbocycles. The van der Waals surface area contributed by atoms with Gasteiger partial charge in [-0.05, 0) is 124 Å². The van der Waals surface area contributed by atoms with Crippen LogP contribution in [0.1, 0.15) is 113 Å². The molecule has 0 bridgehead atoms. The number of benzene rings is 5. The molecule has 476 valence electrons. The van der Waals surface area contributed by atoms with E-state index < -0.39 is 0 Å². The van der Waals surface area contributed by atoms with Crippen LogP contribution in [0.4, 0.5) is 22.7 Å². The topological polar surface area (TPSA) is 233 Å². The number of rotatable bonds is 28. The van der Waals surface area contributed by atoms with E-state index in [1.54, 1.807) is 35.6 Å². The number of pyridine rings is 1. The molecule has 10 rings (SSSR count). The van der Waals surface area contributed by atoms with Crippen LogP contribution in [0.5, 0.6) is 28.7 Å². The standard InChI is InChI=1S/C50H60N8O6S.C15H17NO3.C3H8.C2H6/c1-36-50(65-35-55-36)37-11-16-44(53)46(29-37)63-28-27-61-26-25-60-23-6-4-3-5-17-57-19-21-58(22-20-57)18-8-24-62-48-32-45-43(31-47(48)59-2)49(38(33-51)34-54-45)56-40-12-14-41(15-13-40)64-42-10-7-9-39(52)30-42;17-12-6-5-10(7-12)14(18)9-16-8-11-3-1-2-4-13(11)15(16)19;1-3-2;1-2/h7,9-16,29-32,34-35H,3-6,8,17-28,52-53H2,1-2H3,(H,54,56);1-4,10,12,17H,5-9H2;3H2,1-2H3;1-2H3. The average Bonchev–Trinajstić information content (AvgIpc) is 1.73. The molecular formula is C70H91N9O9S. The van der Waals surface area contributed by atoms with E-state index in [2.05, 4.69) is 45.0 Å². The molecule has 4 heterocycles. The first-order chi connectivity index (χ1) is 43.4. The second-order valence-electron chi connectivity index (χ2n) is 22.1. The largest absolute Gasteiger partial charge is 0.493 e. The zero-order chi connectivity index (χ0) is 63.3. The van der Waals surface area contributed by atoms with Crippen LogP contribution in [-0.4, -0.2) is 140 Å². The number of thiazole rings is 1. The van der Waals surface area contributed by atoms with E-state index in [1.165, 1.54) is 25.7 Å². The number of ether oxygens (including phenoxy) is 6. The molecule has 3 aliphatic rings. The predicted molar refractivity (Wildman–Crippen MR) is 356 cm³/mol. The van der Waals surface area contributed by atoms with Crippen LogP contribution >= 0.6 is 11.3 Å². The number of unbranched alkanes of at least 4 members (excludes halogenated alkanes) is 3. The molecule has 0 radical (unpaired) electrons. The molecule has 1 aliphatic carbocycles. The minimum atomic E-state index is -0.347. The lowest BCUT2D eigenvalue weighted by Gasteiger charge is -2.34. The zero-order valence-corrected chi connectivity index (χ0v) is 53.7. The first-order valence-corrected chi connectivity index (χ1v) is 32.4. The highest BCUT2D eigenvalue weighted by atomic mass is 32.1. The number of carbonyl (C=O) groups is 2. The van der Waals surface area contributed by atoms with Crippen LogP contribution in [0.3, 0.4) is 0 Å². The summed E-state index contributed by atoms with van der Waals surface area (Å²) in [6.45, 7) is 20.7. The molecule has 2 aliphatic heterocycles. The van der Waals surface area contributed by atoms with Crippen molar-refractivity contribution in [2.75, 3.05) is 109 Å². The molecule has 2 unspecified atom stereocenters. The van der Waals surface area contributed by atoms with Gasteiger partial charge in [0.05, 0.1) is 84.7 Å². The fourth-order valence-corrected chi connectivity index (χ4v) is 11.5. The highest BCUT2D eigenvalue weighted by molar-refractivity contribution is 7.13. The molecule has 18 nitrogen and oxygen atoms in total. The monoisotopic (exact) mass is 1230 g/mol. The number of carbonyl (C=O) groups excluding carboxylic acids is 2. The third kappa shape index (κ3) is 20.9. The Morgan fingerprint density at radius 1 is 0.764 bits per heavy atom. The maximum absolute atomic E-state index is 12.1. The number of methoxy groups -OCH3 is 1. The van der Waals surface area contributed by atoms with Crippen LogP contribution in [0.25, 0.3) is 21.3 Å². The van der Waals surface area contributed by atoms with Gasteiger partial charge in [-0.2, -0.15) is 5.26 Å². The smallest absolute Gasteiger partial charge is 0.254 e. The van der Waals surface area contributed by atoms with Crippen molar-refractivity contribution < 1.29 is 43.1 Å². The highest BCUT2D eigenvalue weighted by Crippen LogP contribution is 2.38. The number of nitrogens with two attached hydrogens (primary N) is 2. The minimum absolute atomic E-state index is 0.0532. The van der Waals surface area contributed by atoms with Gasteiger partial charge >= 0.3 is 0 Å². The van der Waals surface area contributed by atoms with Gasteiger partial charge in [0.2, 0.25) is 0 Å². The second kappa shape index (κ2) is 36.6. The molecule has 1 amide bonds. The fourth-order valence-electron chi connectivity index (χ4n) is 10.7. The summed E-state index contributed by atoms with van der Waals surface area (Å²) in [6, 6.07) is 34.2. The van der Waals surface area contributed by atoms with Crippen molar-refractivity contribution in [3.8, 4) is 45.3 Å². The Hall–Kier alpha value is -7.83. The lowest BCUT2D eigenvalue weighted by molar-refractivity contribution is -0.123. The molecule has 1 saturated heterocycles.